The maximum Gasteiger partial charge on any atom is 0.393 e. The first-order valence-corrected chi connectivity index (χ1v) is 13.5. The Labute approximate surface area is 223 Å². The predicted octanol–water partition coefficient (Wildman–Crippen LogP) is 3.50. The van der Waals surface area contributed by atoms with Gasteiger partial charge >= 0.3 is 6.18 Å². The number of halogens is 3. The zero-order valence-electron chi connectivity index (χ0n) is 22.0. The second-order valence-corrected chi connectivity index (χ2v) is 10.8. The average Bonchev–Trinajstić information content (AvgIpc) is 3.55. The molecule has 1 unspecified atom stereocenters. The molecule has 10 nitrogen and oxygen atoms in total. The summed E-state index contributed by atoms with van der Waals surface area (Å²) in [6.07, 6.45) is 2.58. The van der Waals surface area contributed by atoms with E-state index < -0.39 is 30.5 Å². The highest BCUT2D eigenvalue weighted by Gasteiger charge is 2.44. The fourth-order valence-electron chi connectivity index (χ4n) is 5.71. The largest absolute Gasteiger partial charge is 0.393 e. The minimum absolute atomic E-state index is 0.0925. The van der Waals surface area contributed by atoms with Crippen LogP contribution in [-0.2, 0) is 17.8 Å². The molecule has 1 aliphatic carbocycles. The van der Waals surface area contributed by atoms with Crippen LogP contribution in [0.4, 0.5) is 13.2 Å². The molecule has 39 heavy (non-hydrogen) atoms. The number of aromatic nitrogens is 6. The van der Waals surface area contributed by atoms with E-state index in [9.17, 15) is 22.8 Å². The lowest BCUT2D eigenvalue weighted by Gasteiger charge is -2.32. The van der Waals surface area contributed by atoms with Gasteiger partial charge in [-0.05, 0) is 50.2 Å². The molecule has 1 saturated carbocycles. The molecular weight excluding hydrogens is 513 g/mol. The van der Waals surface area contributed by atoms with E-state index in [4.69, 9.17) is 4.98 Å². The molecule has 210 valence electrons. The average molecular weight is 547 g/mol. The van der Waals surface area contributed by atoms with Gasteiger partial charge in [-0.2, -0.15) is 23.4 Å². The fourth-order valence-corrected chi connectivity index (χ4v) is 5.71. The van der Waals surface area contributed by atoms with Crippen LogP contribution in [0.3, 0.4) is 0 Å². The number of piperidine rings is 1. The van der Waals surface area contributed by atoms with Crippen LogP contribution in [0.25, 0.3) is 5.65 Å². The van der Waals surface area contributed by atoms with Crippen molar-refractivity contribution >= 4 is 17.5 Å². The van der Waals surface area contributed by atoms with Crippen LogP contribution in [-0.4, -0.2) is 53.9 Å². The fraction of sp³-hybridized carbons (Fsp3) is 0.615. The van der Waals surface area contributed by atoms with Gasteiger partial charge in [0.25, 0.3) is 5.91 Å². The number of fused-ring (bicyclic) bond motifs is 1. The van der Waals surface area contributed by atoms with E-state index in [-0.39, 0.29) is 36.5 Å². The molecule has 4 heterocycles. The molecule has 2 amide bonds. The summed E-state index contributed by atoms with van der Waals surface area (Å²) < 4.78 is 42.9. The molecule has 3 aromatic rings. The summed E-state index contributed by atoms with van der Waals surface area (Å²) in [6, 6.07) is 3.06. The molecular formula is C26H33F3N8O2. The minimum Gasteiger partial charge on any atom is -0.355 e. The molecule has 0 bridgehead atoms. The first kappa shape index (κ1) is 27.1. The van der Waals surface area contributed by atoms with E-state index in [0.29, 0.717) is 29.5 Å². The maximum absolute atomic E-state index is 13.2. The van der Waals surface area contributed by atoms with Gasteiger partial charge in [-0.25, -0.2) is 19.2 Å². The Bertz CT molecular complexity index is 1330. The lowest BCUT2D eigenvalue weighted by Crippen LogP contribution is -2.47. The molecule has 2 aliphatic rings. The molecule has 0 spiro atoms. The van der Waals surface area contributed by atoms with Gasteiger partial charge in [0.1, 0.15) is 6.33 Å². The molecule has 1 saturated heterocycles. The summed E-state index contributed by atoms with van der Waals surface area (Å²) in [7, 11) is 0. The smallest absolute Gasteiger partial charge is 0.355 e. The number of rotatable bonds is 7. The first-order valence-electron chi connectivity index (χ1n) is 13.5. The minimum atomic E-state index is -4.36. The normalized spacial score (nSPS) is 24.9. The van der Waals surface area contributed by atoms with Crippen LogP contribution in [0.2, 0.25) is 0 Å². The monoisotopic (exact) mass is 546 g/mol. The number of hydrogen-bond donors (Lipinski definition) is 2. The van der Waals surface area contributed by atoms with Crippen molar-refractivity contribution in [3.05, 3.63) is 41.9 Å². The zero-order chi connectivity index (χ0) is 27.7. The molecule has 3 atom stereocenters. The Hall–Kier alpha value is -3.51. The topological polar surface area (TPSA) is 119 Å². The summed E-state index contributed by atoms with van der Waals surface area (Å²) in [5, 5.41) is 14.2. The molecule has 0 aromatic carbocycles. The SMILES string of the molecule is CCn1ncnc1C(=O)N[C@H](c1cn2nc(CC3C[C@@H](C(F)(F)F)CNC3=O)ccc2n1)[C@H]1CC[C@H](C)CC1. The first-order chi connectivity index (χ1) is 18.6. The van der Waals surface area contributed by atoms with E-state index in [0.717, 1.165) is 25.7 Å². The number of imidazole rings is 1. The van der Waals surface area contributed by atoms with Crippen molar-refractivity contribution in [2.75, 3.05) is 6.54 Å². The number of alkyl halides is 3. The molecule has 13 heteroatoms. The number of amides is 2. The van der Waals surface area contributed by atoms with E-state index in [1.165, 1.54) is 11.0 Å². The van der Waals surface area contributed by atoms with E-state index in [1.807, 2.05) is 6.92 Å². The third-order valence-corrected chi connectivity index (χ3v) is 8.03. The zero-order valence-corrected chi connectivity index (χ0v) is 22.0. The van der Waals surface area contributed by atoms with Crippen LogP contribution in [0.15, 0.2) is 24.7 Å². The number of carbonyl (C=O) groups excluding carboxylic acids is 2. The van der Waals surface area contributed by atoms with Gasteiger partial charge in [0.15, 0.2) is 5.65 Å². The van der Waals surface area contributed by atoms with Crippen LogP contribution in [0.1, 0.15) is 74.0 Å². The summed E-state index contributed by atoms with van der Waals surface area (Å²) in [5.41, 5.74) is 1.70. The number of hydrogen-bond acceptors (Lipinski definition) is 6. The number of carbonyl (C=O) groups is 2. The van der Waals surface area contributed by atoms with Gasteiger partial charge in [0.05, 0.1) is 29.5 Å². The lowest BCUT2D eigenvalue weighted by molar-refractivity contribution is -0.183. The van der Waals surface area contributed by atoms with E-state index in [1.54, 1.807) is 22.8 Å². The third-order valence-electron chi connectivity index (χ3n) is 8.03. The quantitative estimate of drug-likeness (QED) is 0.468. The summed E-state index contributed by atoms with van der Waals surface area (Å²) in [5.74, 6) is -2.06. The van der Waals surface area contributed by atoms with Crippen LogP contribution >= 0.6 is 0 Å². The Morgan fingerprint density at radius 1 is 1.23 bits per heavy atom. The van der Waals surface area contributed by atoms with E-state index >= 15 is 0 Å². The summed E-state index contributed by atoms with van der Waals surface area (Å²) >= 11 is 0. The van der Waals surface area contributed by atoms with Crippen molar-refractivity contribution in [1.29, 1.82) is 0 Å². The van der Waals surface area contributed by atoms with Gasteiger partial charge in [-0.1, -0.05) is 19.8 Å². The van der Waals surface area contributed by atoms with Crippen LogP contribution in [0.5, 0.6) is 0 Å². The Balaban J connectivity index is 1.38. The molecule has 3 aromatic heterocycles. The van der Waals surface area contributed by atoms with Gasteiger partial charge in [-0.15, -0.1) is 0 Å². The van der Waals surface area contributed by atoms with Gasteiger partial charge in [-0.3, -0.25) is 9.59 Å². The van der Waals surface area contributed by atoms with E-state index in [2.05, 4.69) is 32.7 Å². The van der Waals surface area contributed by atoms with Crippen LogP contribution < -0.4 is 10.6 Å². The Morgan fingerprint density at radius 2 is 2.00 bits per heavy atom. The van der Waals surface area contributed by atoms with Crippen molar-refractivity contribution in [3.63, 3.8) is 0 Å². The molecule has 2 N–H and O–H groups in total. The second-order valence-electron chi connectivity index (χ2n) is 10.8. The number of aryl methyl sites for hydroxylation is 1. The summed E-state index contributed by atoms with van der Waals surface area (Å²) in [6.45, 7) is 4.24. The van der Waals surface area contributed by atoms with Gasteiger partial charge in [0.2, 0.25) is 11.7 Å². The Morgan fingerprint density at radius 3 is 2.72 bits per heavy atom. The second kappa shape index (κ2) is 10.9. The summed E-state index contributed by atoms with van der Waals surface area (Å²) in [4.78, 5) is 34.4. The highest BCUT2D eigenvalue weighted by atomic mass is 19.4. The van der Waals surface area contributed by atoms with Gasteiger partial charge in [0, 0.05) is 25.4 Å². The standard InChI is InChI=1S/C26H33F3N8O2/c1-3-36-23(31-14-32-36)25(39)34-22(16-6-4-15(2)5-7-16)20-13-37-21(33-20)9-8-19(35-37)11-17-10-18(26(27,28)29)12-30-24(17)38/h8-9,13-18,22H,3-7,10-12H2,1-2H3,(H,30,38)(H,34,39)/t15-,16-,17?,18-,22+/m1/s1. The highest BCUT2D eigenvalue weighted by Crippen LogP contribution is 2.37. The predicted molar refractivity (Wildman–Crippen MR) is 134 cm³/mol. The van der Waals surface area contributed by atoms with Crippen molar-refractivity contribution < 1.29 is 22.8 Å². The van der Waals surface area contributed by atoms with Crippen molar-refractivity contribution in [2.45, 2.75) is 71.1 Å². The Kier molecular flexibility index (Phi) is 7.59. The third kappa shape index (κ3) is 5.91. The highest BCUT2D eigenvalue weighted by molar-refractivity contribution is 5.90. The molecule has 1 aliphatic heterocycles. The van der Waals surface area contributed by atoms with Crippen LogP contribution in [0, 0.1) is 23.7 Å². The van der Waals surface area contributed by atoms with Crippen molar-refractivity contribution in [3.8, 4) is 0 Å². The maximum atomic E-state index is 13.2. The molecule has 0 radical (unpaired) electrons. The molecule has 2 fully saturated rings. The van der Waals surface area contributed by atoms with Crippen molar-refractivity contribution in [2.24, 2.45) is 23.7 Å². The van der Waals surface area contributed by atoms with Gasteiger partial charge < -0.3 is 10.6 Å². The van der Waals surface area contributed by atoms with Crippen molar-refractivity contribution in [1.82, 2.24) is 40.0 Å². The number of nitrogens with zero attached hydrogens (tertiary/aromatic N) is 6. The molecule has 5 rings (SSSR count). The number of nitrogens with one attached hydrogen (secondary N) is 2. The lowest BCUT2D eigenvalue weighted by atomic mass is 9.78.